The summed E-state index contributed by atoms with van der Waals surface area (Å²) >= 11 is 24.4. The van der Waals surface area contributed by atoms with Gasteiger partial charge in [-0.05, 0) is 66.7 Å². The number of allylic oxidation sites excluding steroid dienone is 1. The summed E-state index contributed by atoms with van der Waals surface area (Å²) in [6, 6.07) is 17.1. The van der Waals surface area contributed by atoms with Gasteiger partial charge in [0.15, 0.2) is 5.76 Å². The van der Waals surface area contributed by atoms with Gasteiger partial charge in [-0.15, -0.1) is 0 Å². The Bertz CT molecular complexity index is 1250. The molecular formula is C23H12Cl4O3. The molecule has 3 nitrogen and oxygen atoms in total. The normalized spacial score (nSPS) is 11.3. The average molecular weight is 478 g/mol. The van der Waals surface area contributed by atoms with E-state index < -0.39 is 0 Å². The zero-order chi connectivity index (χ0) is 21.3. The molecule has 0 radical (unpaired) electrons. The number of furan rings is 2. The van der Waals surface area contributed by atoms with Gasteiger partial charge in [0.05, 0.1) is 25.7 Å². The molecule has 0 N–H and O–H groups in total. The fourth-order valence-electron chi connectivity index (χ4n) is 2.82. The highest BCUT2D eigenvalue weighted by Gasteiger charge is 2.13. The predicted octanol–water partition coefficient (Wildman–Crippen LogP) is 8.72. The van der Waals surface area contributed by atoms with Crippen molar-refractivity contribution in [3.05, 3.63) is 98.4 Å². The fraction of sp³-hybridized carbons (Fsp3) is 0. The van der Waals surface area contributed by atoms with Gasteiger partial charge < -0.3 is 8.83 Å². The first-order chi connectivity index (χ1) is 14.4. The standard InChI is InChI=1S/C23H12Cl4O3/c24-15-7-4-13(12-18(15)27)20-10-11-21(30-20)19(28)8-5-14-6-9-22(29-14)23-16(25)2-1-3-17(23)26/h1-12H. The summed E-state index contributed by atoms with van der Waals surface area (Å²) in [4.78, 5) is 12.5. The van der Waals surface area contributed by atoms with Gasteiger partial charge in [-0.1, -0.05) is 52.5 Å². The van der Waals surface area contributed by atoms with E-state index >= 15 is 0 Å². The van der Waals surface area contributed by atoms with Gasteiger partial charge in [-0.25, -0.2) is 0 Å². The molecule has 150 valence electrons. The molecule has 0 unspecified atom stereocenters. The van der Waals surface area contributed by atoms with Crippen LogP contribution in [0.25, 0.3) is 28.7 Å². The lowest BCUT2D eigenvalue weighted by atomic mass is 10.2. The largest absolute Gasteiger partial charge is 0.457 e. The van der Waals surface area contributed by atoms with Crippen molar-refractivity contribution in [2.45, 2.75) is 0 Å². The quantitative estimate of drug-likeness (QED) is 0.213. The monoisotopic (exact) mass is 476 g/mol. The number of ketones is 1. The minimum Gasteiger partial charge on any atom is -0.457 e. The molecule has 0 aliphatic heterocycles. The molecule has 0 saturated carbocycles. The third-order valence-electron chi connectivity index (χ3n) is 4.29. The number of benzene rings is 2. The van der Waals surface area contributed by atoms with E-state index in [0.717, 1.165) is 5.56 Å². The second kappa shape index (κ2) is 8.75. The average Bonchev–Trinajstić information content (AvgIpc) is 3.38. The van der Waals surface area contributed by atoms with Crippen LogP contribution in [0.15, 0.2) is 75.6 Å². The lowest BCUT2D eigenvalue weighted by Crippen LogP contribution is -1.90. The van der Waals surface area contributed by atoms with Crippen molar-refractivity contribution >= 4 is 58.3 Å². The van der Waals surface area contributed by atoms with Crippen LogP contribution in [0.2, 0.25) is 20.1 Å². The second-order valence-electron chi connectivity index (χ2n) is 6.29. The van der Waals surface area contributed by atoms with Crippen molar-refractivity contribution in [2.75, 3.05) is 0 Å². The molecule has 0 atom stereocenters. The van der Waals surface area contributed by atoms with Gasteiger partial charge in [0.2, 0.25) is 5.78 Å². The molecule has 0 bridgehead atoms. The Morgan fingerprint density at radius 1 is 0.733 bits per heavy atom. The van der Waals surface area contributed by atoms with Crippen LogP contribution in [-0.4, -0.2) is 5.78 Å². The highest BCUT2D eigenvalue weighted by molar-refractivity contribution is 6.42. The summed E-state index contributed by atoms with van der Waals surface area (Å²) in [7, 11) is 0. The lowest BCUT2D eigenvalue weighted by Gasteiger charge is -2.02. The van der Waals surface area contributed by atoms with Crippen LogP contribution in [0.5, 0.6) is 0 Å². The van der Waals surface area contributed by atoms with Gasteiger partial charge in [0, 0.05) is 5.56 Å². The van der Waals surface area contributed by atoms with E-state index in [-0.39, 0.29) is 11.5 Å². The van der Waals surface area contributed by atoms with E-state index in [1.165, 1.54) is 6.08 Å². The molecule has 0 saturated heterocycles. The van der Waals surface area contributed by atoms with E-state index in [1.807, 2.05) is 0 Å². The number of rotatable bonds is 5. The second-order valence-corrected chi connectivity index (χ2v) is 7.92. The minimum atomic E-state index is -0.310. The molecule has 4 rings (SSSR count). The lowest BCUT2D eigenvalue weighted by molar-refractivity contribution is 0.102. The van der Waals surface area contributed by atoms with Crippen LogP contribution < -0.4 is 0 Å². The number of hydrogen-bond donors (Lipinski definition) is 0. The van der Waals surface area contributed by atoms with Crippen LogP contribution in [-0.2, 0) is 0 Å². The van der Waals surface area contributed by atoms with Crippen molar-refractivity contribution in [2.24, 2.45) is 0 Å². The van der Waals surface area contributed by atoms with E-state index in [9.17, 15) is 4.79 Å². The maximum absolute atomic E-state index is 12.5. The molecule has 0 aliphatic rings. The number of carbonyl (C=O) groups is 1. The zero-order valence-corrected chi connectivity index (χ0v) is 18.2. The third kappa shape index (κ3) is 4.35. The number of hydrogen-bond acceptors (Lipinski definition) is 3. The highest BCUT2D eigenvalue weighted by Crippen LogP contribution is 2.35. The molecular weight excluding hydrogens is 466 g/mol. The van der Waals surface area contributed by atoms with Gasteiger partial charge in [-0.2, -0.15) is 0 Å². The maximum Gasteiger partial charge on any atom is 0.221 e. The molecule has 7 heteroatoms. The third-order valence-corrected chi connectivity index (χ3v) is 5.66. The van der Waals surface area contributed by atoms with Crippen LogP contribution in [0.4, 0.5) is 0 Å². The highest BCUT2D eigenvalue weighted by atomic mass is 35.5. The summed E-state index contributed by atoms with van der Waals surface area (Å²) in [6.45, 7) is 0. The van der Waals surface area contributed by atoms with E-state index in [0.29, 0.717) is 42.9 Å². The van der Waals surface area contributed by atoms with E-state index in [2.05, 4.69) is 0 Å². The zero-order valence-electron chi connectivity index (χ0n) is 15.2. The van der Waals surface area contributed by atoms with Crippen molar-refractivity contribution in [1.82, 2.24) is 0 Å². The maximum atomic E-state index is 12.5. The molecule has 0 aliphatic carbocycles. The summed E-state index contributed by atoms with van der Waals surface area (Å²) in [6.07, 6.45) is 2.92. The minimum absolute atomic E-state index is 0.188. The molecule has 0 amide bonds. The predicted molar refractivity (Wildman–Crippen MR) is 122 cm³/mol. The van der Waals surface area contributed by atoms with Crippen LogP contribution in [0.1, 0.15) is 16.3 Å². The number of carbonyl (C=O) groups excluding carboxylic acids is 1. The molecule has 0 fully saturated rings. The smallest absolute Gasteiger partial charge is 0.221 e. The Kier molecular flexibility index (Phi) is 6.07. The Morgan fingerprint density at radius 2 is 1.47 bits per heavy atom. The Balaban J connectivity index is 1.52. The molecule has 2 aromatic carbocycles. The first-order valence-electron chi connectivity index (χ1n) is 8.74. The molecule has 30 heavy (non-hydrogen) atoms. The molecule has 0 spiro atoms. The van der Waals surface area contributed by atoms with Crippen LogP contribution in [0.3, 0.4) is 0 Å². The van der Waals surface area contributed by atoms with Crippen molar-refractivity contribution in [3.8, 4) is 22.6 Å². The van der Waals surface area contributed by atoms with Crippen LogP contribution >= 0.6 is 46.4 Å². The van der Waals surface area contributed by atoms with E-state index in [1.54, 1.807) is 66.7 Å². The SMILES string of the molecule is O=C(C=Cc1ccc(-c2c(Cl)cccc2Cl)o1)c1ccc(-c2ccc(Cl)c(Cl)c2)o1. The fourth-order valence-corrected chi connectivity index (χ4v) is 3.71. The van der Waals surface area contributed by atoms with E-state index in [4.69, 9.17) is 55.2 Å². The number of halogens is 4. The van der Waals surface area contributed by atoms with Crippen molar-refractivity contribution in [1.29, 1.82) is 0 Å². The van der Waals surface area contributed by atoms with Gasteiger partial charge in [0.25, 0.3) is 0 Å². The van der Waals surface area contributed by atoms with Crippen molar-refractivity contribution < 1.29 is 13.6 Å². The van der Waals surface area contributed by atoms with Gasteiger partial charge >= 0.3 is 0 Å². The summed E-state index contributed by atoms with van der Waals surface area (Å²) in [5.74, 6) is 1.38. The Hall–Kier alpha value is -2.43. The van der Waals surface area contributed by atoms with Crippen molar-refractivity contribution in [3.63, 3.8) is 0 Å². The Labute approximate surface area is 192 Å². The molecule has 2 heterocycles. The Morgan fingerprint density at radius 3 is 2.20 bits per heavy atom. The molecule has 2 aromatic heterocycles. The first-order valence-corrected chi connectivity index (χ1v) is 10.3. The molecule has 4 aromatic rings. The summed E-state index contributed by atoms with van der Waals surface area (Å²) < 4.78 is 11.4. The van der Waals surface area contributed by atoms with Gasteiger partial charge in [-0.3, -0.25) is 4.79 Å². The first kappa shape index (κ1) is 20.8. The van der Waals surface area contributed by atoms with Crippen LogP contribution in [0, 0.1) is 0 Å². The summed E-state index contributed by atoms with van der Waals surface area (Å²) in [5, 5.41) is 1.82. The van der Waals surface area contributed by atoms with Gasteiger partial charge in [0.1, 0.15) is 17.3 Å². The summed E-state index contributed by atoms with van der Waals surface area (Å²) in [5.41, 5.74) is 1.32. The topological polar surface area (TPSA) is 43.4 Å².